The van der Waals surface area contributed by atoms with Crippen molar-refractivity contribution in [3.05, 3.63) is 53.3 Å². The van der Waals surface area contributed by atoms with E-state index >= 15 is 0 Å². The van der Waals surface area contributed by atoms with Gasteiger partial charge >= 0.3 is 6.18 Å². The van der Waals surface area contributed by atoms with E-state index < -0.39 is 11.7 Å². The number of halogens is 3. The van der Waals surface area contributed by atoms with Crippen molar-refractivity contribution >= 4 is 5.91 Å². The summed E-state index contributed by atoms with van der Waals surface area (Å²) in [7, 11) is 0. The number of likely N-dealkylation sites (tertiary alicyclic amines) is 1. The summed E-state index contributed by atoms with van der Waals surface area (Å²) in [5.74, 6) is -0.0485. The molecule has 4 nitrogen and oxygen atoms in total. The van der Waals surface area contributed by atoms with Gasteiger partial charge in [0.2, 0.25) is 0 Å². The Morgan fingerprint density at radius 1 is 1.22 bits per heavy atom. The van der Waals surface area contributed by atoms with Crippen LogP contribution in [0, 0.1) is 0 Å². The Hall–Kier alpha value is -2.31. The molecule has 0 aliphatic carbocycles. The maximum Gasteiger partial charge on any atom is 0.416 e. The zero-order valence-corrected chi connectivity index (χ0v) is 12.3. The number of rotatable bonds is 2. The van der Waals surface area contributed by atoms with Crippen molar-refractivity contribution < 1.29 is 18.0 Å². The Morgan fingerprint density at radius 2 is 1.96 bits per heavy atom. The van der Waals surface area contributed by atoms with Gasteiger partial charge in [-0.05, 0) is 43.2 Å². The maximum absolute atomic E-state index is 12.6. The second-order valence-electron chi connectivity index (χ2n) is 5.68. The van der Waals surface area contributed by atoms with E-state index in [4.69, 9.17) is 0 Å². The summed E-state index contributed by atoms with van der Waals surface area (Å²) in [6, 6.07) is 6.26. The van der Waals surface area contributed by atoms with Crippen molar-refractivity contribution in [1.82, 2.24) is 15.1 Å². The third-order valence-corrected chi connectivity index (χ3v) is 4.13. The third-order valence-electron chi connectivity index (χ3n) is 4.13. The number of hydrogen-bond acceptors (Lipinski definition) is 2. The van der Waals surface area contributed by atoms with E-state index in [-0.39, 0.29) is 17.4 Å². The van der Waals surface area contributed by atoms with Crippen molar-refractivity contribution in [3.8, 4) is 0 Å². The molecule has 0 radical (unpaired) electrons. The molecule has 1 fully saturated rings. The zero-order valence-electron chi connectivity index (χ0n) is 12.3. The summed E-state index contributed by atoms with van der Waals surface area (Å²) in [6.07, 6.45) is -0.903. The lowest BCUT2D eigenvalue weighted by Gasteiger charge is -2.32. The van der Waals surface area contributed by atoms with Crippen LogP contribution < -0.4 is 0 Å². The Kier molecular flexibility index (Phi) is 4.11. The highest BCUT2D eigenvalue weighted by molar-refractivity contribution is 5.94. The lowest BCUT2D eigenvalue weighted by atomic mass is 9.94. The highest BCUT2D eigenvalue weighted by Crippen LogP contribution is 2.30. The van der Waals surface area contributed by atoms with Crippen LogP contribution in [-0.4, -0.2) is 34.1 Å². The first kappa shape index (κ1) is 15.6. The molecule has 2 heterocycles. The molecule has 2 aromatic rings. The molecule has 1 amide bonds. The van der Waals surface area contributed by atoms with E-state index in [0.29, 0.717) is 13.1 Å². The number of carbonyl (C=O) groups excluding carboxylic acids is 1. The number of hydrogen-bond donors (Lipinski definition) is 1. The SMILES string of the molecule is O=C(c1ccc(C(F)(F)F)cc1)N1CCC[C@H](c2ccn[nH]2)C1. The average Bonchev–Trinajstić information content (AvgIpc) is 3.08. The molecule has 1 aromatic heterocycles. The minimum atomic E-state index is -4.39. The first-order chi connectivity index (χ1) is 10.9. The van der Waals surface area contributed by atoms with Gasteiger partial charge in [0.25, 0.3) is 5.91 Å². The quantitative estimate of drug-likeness (QED) is 0.920. The van der Waals surface area contributed by atoms with Gasteiger partial charge in [-0.3, -0.25) is 9.89 Å². The molecule has 0 bridgehead atoms. The molecule has 1 aromatic carbocycles. The Morgan fingerprint density at radius 3 is 2.57 bits per heavy atom. The average molecular weight is 323 g/mol. The summed E-state index contributed by atoms with van der Waals surface area (Å²) in [4.78, 5) is 14.2. The van der Waals surface area contributed by atoms with E-state index in [1.165, 1.54) is 12.1 Å². The minimum Gasteiger partial charge on any atom is -0.338 e. The van der Waals surface area contributed by atoms with Gasteiger partial charge in [-0.25, -0.2) is 0 Å². The number of aromatic amines is 1. The predicted octanol–water partition coefficient (Wildman–Crippen LogP) is 3.45. The van der Waals surface area contributed by atoms with Crippen molar-refractivity contribution in [2.45, 2.75) is 24.9 Å². The number of nitrogens with one attached hydrogen (secondary N) is 1. The van der Waals surface area contributed by atoms with E-state index in [1.807, 2.05) is 6.07 Å². The molecular weight excluding hydrogens is 307 g/mol. The van der Waals surface area contributed by atoms with Crippen LogP contribution in [0.1, 0.15) is 40.4 Å². The molecular formula is C16H16F3N3O. The van der Waals surface area contributed by atoms with E-state index in [9.17, 15) is 18.0 Å². The molecule has 3 rings (SSSR count). The van der Waals surface area contributed by atoms with Crippen molar-refractivity contribution in [2.75, 3.05) is 13.1 Å². The Balaban J connectivity index is 1.72. The van der Waals surface area contributed by atoms with Crippen LogP contribution in [-0.2, 0) is 6.18 Å². The Labute approximate surface area is 131 Å². The minimum absolute atomic E-state index is 0.185. The lowest BCUT2D eigenvalue weighted by Crippen LogP contribution is -2.39. The summed E-state index contributed by atoms with van der Waals surface area (Å²) in [5.41, 5.74) is 0.515. The van der Waals surface area contributed by atoms with Crippen molar-refractivity contribution in [1.29, 1.82) is 0 Å². The van der Waals surface area contributed by atoms with Crippen molar-refractivity contribution in [3.63, 3.8) is 0 Å². The number of carbonyl (C=O) groups is 1. The maximum atomic E-state index is 12.6. The zero-order chi connectivity index (χ0) is 16.4. The summed E-state index contributed by atoms with van der Waals surface area (Å²) < 4.78 is 37.7. The van der Waals surface area contributed by atoms with Gasteiger partial charge in [-0.15, -0.1) is 0 Å². The summed E-state index contributed by atoms with van der Waals surface area (Å²) >= 11 is 0. The normalized spacial score (nSPS) is 18.9. The van der Waals surface area contributed by atoms with Gasteiger partial charge in [0.15, 0.2) is 0 Å². The molecule has 1 atom stereocenters. The Bertz CT molecular complexity index is 665. The van der Waals surface area contributed by atoms with Gasteiger partial charge in [0, 0.05) is 36.5 Å². The van der Waals surface area contributed by atoms with Crippen LogP contribution >= 0.6 is 0 Å². The molecule has 23 heavy (non-hydrogen) atoms. The smallest absolute Gasteiger partial charge is 0.338 e. The lowest BCUT2D eigenvalue weighted by molar-refractivity contribution is -0.137. The van der Waals surface area contributed by atoms with Crippen LogP contribution in [0.3, 0.4) is 0 Å². The van der Waals surface area contributed by atoms with Gasteiger partial charge in [-0.1, -0.05) is 0 Å². The predicted molar refractivity (Wildman–Crippen MR) is 77.9 cm³/mol. The summed E-state index contributed by atoms with van der Waals surface area (Å²) in [5, 5.41) is 6.84. The highest BCUT2D eigenvalue weighted by atomic mass is 19.4. The molecule has 1 N–H and O–H groups in total. The fourth-order valence-corrected chi connectivity index (χ4v) is 2.89. The van der Waals surface area contributed by atoms with Crippen LogP contribution in [0.25, 0.3) is 0 Å². The molecule has 0 spiro atoms. The second-order valence-corrected chi connectivity index (χ2v) is 5.68. The van der Waals surface area contributed by atoms with Gasteiger partial charge < -0.3 is 4.90 Å². The topological polar surface area (TPSA) is 49.0 Å². The third kappa shape index (κ3) is 3.38. The number of piperidine rings is 1. The van der Waals surface area contributed by atoms with E-state index in [1.54, 1.807) is 11.1 Å². The fourth-order valence-electron chi connectivity index (χ4n) is 2.89. The number of benzene rings is 1. The molecule has 0 saturated carbocycles. The number of amides is 1. The second kappa shape index (κ2) is 6.06. The van der Waals surface area contributed by atoms with Crippen molar-refractivity contribution in [2.24, 2.45) is 0 Å². The number of alkyl halides is 3. The van der Waals surface area contributed by atoms with Crippen LogP contribution in [0.15, 0.2) is 36.5 Å². The molecule has 1 saturated heterocycles. The standard InChI is InChI=1S/C16H16F3N3O/c17-16(18,19)13-5-3-11(4-6-13)15(23)22-9-1-2-12(10-22)14-7-8-20-21-14/h3-8,12H,1-2,9-10H2,(H,20,21)/t12-/m0/s1. The van der Waals surface area contributed by atoms with Crippen LogP contribution in [0.2, 0.25) is 0 Å². The number of H-pyrrole nitrogens is 1. The molecule has 1 aliphatic rings. The van der Waals surface area contributed by atoms with E-state index in [0.717, 1.165) is 30.7 Å². The van der Waals surface area contributed by atoms with Crippen LogP contribution in [0.4, 0.5) is 13.2 Å². The summed E-state index contributed by atoms with van der Waals surface area (Å²) in [6.45, 7) is 1.16. The highest BCUT2D eigenvalue weighted by Gasteiger charge is 2.31. The molecule has 7 heteroatoms. The van der Waals surface area contributed by atoms with Gasteiger partial charge in [-0.2, -0.15) is 18.3 Å². The molecule has 1 aliphatic heterocycles. The first-order valence-electron chi connectivity index (χ1n) is 7.41. The molecule has 122 valence electrons. The number of aromatic nitrogens is 2. The first-order valence-corrected chi connectivity index (χ1v) is 7.41. The molecule has 0 unspecified atom stereocenters. The fraction of sp³-hybridized carbons (Fsp3) is 0.375. The monoisotopic (exact) mass is 323 g/mol. The largest absolute Gasteiger partial charge is 0.416 e. The number of nitrogens with zero attached hydrogens (tertiary/aromatic N) is 2. The van der Waals surface area contributed by atoms with Crippen LogP contribution in [0.5, 0.6) is 0 Å². The van der Waals surface area contributed by atoms with E-state index in [2.05, 4.69) is 10.2 Å². The van der Waals surface area contributed by atoms with Gasteiger partial charge in [0.1, 0.15) is 0 Å². The van der Waals surface area contributed by atoms with Gasteiger partial charge in [0.05, 0.1) is 5.56 Å².